The molecule has 2 heterocycles. The predicted octanol–water partition coefficient (Wildman–Crippen LogP) is 1.27. The summed E-state index contributed by atoms with van der Waals surface area (Å²) in [5.74, 6) is -0.947. The summed E-state index contributed by atoms with van der Waals surface area (Å²) in [5, 5.41) is 0. The summed E-state index contributed by atoms with van der Waals surface area (Å²) in [6.07, 6.45) is 5.35. The van der Waals surface area contributed by atoms with Gasteiger partial charge in [-0.25, -0.2) is 9.59 Å². The van der Waals surface area contributed by atoms with Crippen molar-refractivity contribution in [2.45, 2.75) is 50.8 Å². The van der Waals surface area contributed by atoms with Crippen LogP contribution in [0.2, 0.25) is 0 Å². The first-order chi connectivity index (χ1) is 9.01. The SMILES string of the molecule is COC(=O)/C(C)=C/C(=O)OC1C[C@H]2CC[C@@H](C1)N2C. The van der Waals surface area contributed by atoms with Crippen molar-refractivity contribution in [2.24, 2.45) is 0 Å². The van der Waals surface area contributed by atoms with Crippen LogP contribution in [0, 0.1) is 0 Å². The lowest BCUT2D eigenvalue weighted by Crippen LogP contribution is -2.43. The van der Waals surface area contributed by atoms with E-state index in [1.165, 1.54) is 26.0 Å². The van der Waals surface area contributed by atoms with Crippen LogP contribution in [0.5, 0.6) is 0 Å². The van der Waals surface area contributed by atoms with Crippen molar-refractivity contribution in [3.8, 4) is 0 Å². The van der Waals surface area contributed by atoms with Crippen molar-refractivity contribution in [3.63, 3.8) is 0 Å². The number of nitrogens with zero attached hydrogens (tertiary/aromatic N) is 1. The van der Waals surface area contributed by atoms with Gasteiger partial charge in [0, 0.05) is 36.6 Å². The Morgan fingerprint density at radius 1 is 1.21 bits per heavy atom. The average molecular weight is 267 g/mol. The molecule has 0 N–H and O–H groups in total. The zero-order valence-electron chi connectivity index (χ0n) is 11.7. The Labute approximate surface area is 113 Å². The van der Waals surface area contributed by atoms with Crippen molar-refractivity contribution < 1.29 is 19.1 Å². The maximum atomic E-state index is 11.7. The number of ether oxygens (including phenoxy) is 2. The molecule has 106 valence electrons. The molecule has 5 heteroatoms. The van der Waals surface area contributed by atoms with E-state index in [2.05, 4.69) is 16.7 Å². The Morgan fingerprint density at radius 2 is 1.79 bits per heavy atom. The molecule has 0 radical (unpaired) electrons. The van der Waals surface area contributed by atoms with Crippen LogP contribution in [-0.2, 0) is 19.1 Å². The van der Waals surface area contributed by atoms with E-state index in [1.807, 2.05) is 0 Å². The smallest absolute Gasteiger partial charge is 0.333 e. The number of carbonyl (C=O) groups excluding carboxylic acids is 2. The number of methoxy groups -OCH3 is 1. The molecule has 1 unspecified atom stereocenters. The van der Waals surface area contributed by atoms with Gasteiger partial charge in [0.15, 0.2) is 0 Å². The number of fused-ring (bicyclic) bond motifs is 2. The minimum absolute atomic E-state index is 0.0251. The fraction of sp³-hybridized carbons (Fsp3) is 0.714. The van der Waals surface area contributed by atoms with E-state index in [0.29, 0.717) is 12.1 Å². The predicted molar refractivity (Wildman–Crippen MR) is 69.5 cm³/mol. The van der Waals surface area contributed by atoms with E-state index in [4.69, 9.17) is 4.74 Å². The van der Waals surface area contributed by atoms with Crippen molar-refractivity contribution >= 4 is 11.9 Å². The number of carbonyl (C=O) groups is 2. The van der Waals surface area contributed by atoms with Gasteiger partial charge in [-0.15, -0.1) is 0 Å². The molecule has 2 rings (SSSR count). The molecule has 0 aromatic rings. The number of hydrogen-bond acceptors (Lipinski definition) is 5. The third-order valence-corrected chi connectivity index (χ3v) is 4.18. The van der Waals surface area contributed by atoms with Crippen molar-refractivity contribution in [1.82, 2.24) is 4.90 Å². The zero-order chi connectivity index (χ0) is 14.0. The topological polar surface area (TPSA) is 55.8 Å². The summed E-state index contributed by atoms with van der Waals surface area (Å²) >= 11 is 0. The van der Waals surface area contributed by atoms with Crippen molar-refractivity contribution in [2.75, 3.05) is 14.2 Å². The lowest BCUT2D eigenvalue weighted by molar-refractivity contribution is -0.147. The first-order valence-corrected chi connectivity index (χ1v) is 6.70. The lowest BCUT2D eigenvalue weighted by Gasteiger charge is -2.35. The monoisotopic (exact) mass is 267 g/mol. The number of piperidine rings is 1. The summed E-state index contributed by atoms with van der Waals surface area (Å²) in [6, 6.07) is 1.06. The molecule has 2 fully saturated rings. The second-order valence-electron chi connectivity index (χ2n) is 5.40. The fourth-order valence-corrected chi connectivity index (χ4v) is 3.05. The summed E-state index contributed by atoms with van der Waals surface area (Å²) in [6.45, 7) is 1.55. The van der Waals surface area contributed by atoms with Gasteiger partial charge in [-0.1, -0.05) is 0 Å². The molecule has 0 aromatic heterocycles. The lowest BCUT2D eigenvalue weighted by atomic mass is 10.0. The molecular weight excluding hydrogens is 246 g/mol. The summed E-state index contributed by atoms with van der Waals surface area (Å²) in [4.78, 5) is 25.3. The molecule has 0 aliphatic carbocycles. The summed E-state index contributed by atoms with van der Waals surface area (Å²) < 4.78 is 9.98. The second-order valence-corrected chi connectivity index (χ2v) is 5.40. The summed E-state index contributed by atoms with van der Waals surface area (Å²) in [5.41, 5.74) is 0.267. The Kier molecular flexibility index (Phi) is 4.24. The van der Waals surface area contributed by atoms with Gasteiger partial charge in [0.2, 0.25) is 0 Å². The molecule has 2 bridgehead atoms. The first kappa shape index (κ1) is 14.1. The van der Waals surface area contributed by atoms with Gasteiger partial charge in [-0.3, -0.25) is 0 Å². The van der Waals surface area contributed by atoms with Crippen LogP contribution in [0.15, 0.2) is 11.6 Å². The Balaban J connectivity index is 1.89. The standard InChI is InChI=1S/C14H21NO4/c1-9(14(17)18-3)6-13(16)19-12-7-10-4-5-11(8-12)15(10)2/h6,10-12H,4-5,7-8H2,1-3H3/b9-6+/t10-,11+,12?. The molecule has 3 atom stereocenters. The van der Waals surface area contributed by atoms with Crippen molar-refractivity contribution in [3.05, 3.63) is 11.6 Å². The molecule has 2 saturated heterocycles. The Morgan fingerprint density at radius 3 is 2.32 bits per heavy atom. The van der Waals surface area contributed by atoms with E-state index in [1.54, 1.807) is 6.92 Å². The third-order valence-electron chi connectivity index (χ3n) is 4.18. The van der Waals surface area contributed by atoms with Gasteiger partial charge in [0.25, 0.3) is 0 Å². The van der Waals surface area contributed by atoms with Crippen LogP contribution in [0.25, 0.3) is 0 Å². The van der Waals surface area contributed by atoms with E-state index in [-0.39, 0.29) is 11.7 Å². The zero-order valence-corrected chi connectivity index (χ0v) is 11.7. The van der Waals surface area contributed by atoms with Crippen LogP contribution in [0.4, 0.5) is 0 Å². The fourth-order valence-electron chi connectivity index (χ4n) is 3.05. The van der Waals surface area contributed by atoms with Crippen LogP contribution >= 0.6 is 0 Å². The molecule has 0 amide bonds. The van der Waals surface area contributed by atoms with Crippen molar-refractivity contribution in [1.29, 1.82) is 0 Å². The summed E-state index contributed by atoms with van der Waals surface area (Å²) in [7, 11) is 3.43. The molecule has 19 heavy (non-hydrogen) atoms. The minimum Gasteiger partial charge on any atom is -0.466 e. The van der Waals surface area contributed by atoms with Gasteiger partial charge < -0.3 is 14.4 Å². The number of hydrogen-bond donors (Lipinski definition) is 0. The van der Waals surface area contributed by atoms with Gasteiger partial charge in [-0.05, 0) is 26.8 Å². The van der Waals surface area contributed by atoms with Crippen LogP contribution in [-0.4, -0.2) is 49.2 Å². The quantitative estimate of drug-likeness (QED) is 0.569. The highest BCUT2D eigenvalue weighted by Crippen LogP contribution is 2.35. The normalized spacial score (nSPS) is 31.1. The van der Waals surface area contributed by atoms with E-state index >= 15 is 0 Å². The second kappa shape index (κ2) is 5.74. The Bertz CT molecular complexity index is 390. The molecule has 5 nitrogen and oxygen atoms in total. The van der Waals surface area contributed by atoms with Gasteiger partial charge in [0.05, 0.1) is 7.11 Å². The molecule has 0 aromatic carbocycles. The molecular formula is C14H21NO4. The van der Waals surface area contributed by atoms with Gasteiger partial charge in [-0.2, -0.15) is 0 Å². The van der Waals surface area contributed by atoms with E-state index < -0.39 is 11.9 Å². The number of esters is 2. The molecule has 0 saturated carbocycles. The molecule has 2 aliphatic heterocycles. The maximum absolute atomic E-state index is 11.7. The van der Waals surface area contributed by atoms with Crippen LogP contribution in [0.3, 0.4) is 0 Å². The maximum Gasteiger partial charge on any atom is 0.333 e. The first-order valence-electron chi connectivity index (χ1n) is 6.70. The molecule has 0 spiro atoms. The van der Waals surface area contributed by atoms with E-state index in [0.717, 1.165) is 12.8 Å². The number of rotatable bonds is 3. The third kappa shape index (κ3) is 3.15. The largest absolute Gasteiger partial charge is 0.466 e. The van der Waals surface area contributed by atoms with Gasteiger partial charge in [0.1, 0.15) is 6.10 Å². The van der Waals surface area contributed by atoms with E-state index in [9.17, 15) is 9.59 Å². The van der Waals surface area contributed by atoms with Crippen LogP contribution < -0.4 is 0 Å². The minimum atomic E-state index is -0.500. The highest BCUT2D eigenvalue weighted by atomic mass is 16.5. The highest BCUT2D eigenvalue weighted by molar-refractivity contribution is 5.95. The van der Waals surface area contributed by atoms with Crippen LogP contribution in [0.1, 0.15) is 32.6 Å². The Hall–Kier alpha value is -1.36. The average Bonchev–Trinajstić information content (AvgIpc) is 2.61. The van der Waals surface area contributed by atoms with Gasteiger partial charge >= 0.3 is 11.9 Å². The highest BCUT2D eigenvalue weighted by Gasteiger charge is 2.39. The molecule has 2 aliphatic rings.